The number of ether oxygens (including phenoxy) is 2. The normalized spacial score (nSPS) is 20.9. The Morgan fingerprint density at radius 3 is 2.58 bits per heavy atom. The Bertz CT molecular complexity index is 411. The summed E-state index contributed by atoms with van der Waals surface area (Å²) in [5.41, 5.74) is 1.14. The molecule has 2 rings (SSSR count). The second kappa shape index (κ2) is 6.60. The second-order valence-electron chi connectivity index (χ2n) is 5.23. The molecule has 0 radical (unpaired) electrons. The third kappa shape index (κ3) is 4.58. The Hall–Kier alpha value is -1.51. The number of hydrogen-bond donors (Lipinski definition) is 0. The van der Waals surface area contributed by atoms with Gasteiger partial charge in [0.15, 0.2) is 0 Å². The van der Waals surface area contributed by atoms with Crippen LogP contribution >= 0.6 is 0 Å². The third-order valence-corrected chi connectivity index (χ3v) is 3.59. The molecule has 2 atom stereocenters. The zero-order valence-corrected chi connectivity index (χ0v) is 11.7. The molecule has 3 heteroatoms. The van der Waals surface area contributed by atoms with E-state index in [9.17, 15) is 4.79 Å². The average molecular weight is 262 g/mol. The van der Waals surface area contributed by atoms with Gasteiger partial charge >= 0.3 is 5.97 Å². The van der Waals surface area contributed by atoms with E-state index in [2.05, 4.69) is 6.92 Å². The van der Waals surface area contributed by atoms with Crippen LogP contribution in [0.25, 0.3) is 0 Å². The molecule has 0 spiro atoms. The molecule has 1 aliphatic carbocycles. The Morgan fingerprint density at radius 1 is 1.32 bits per heavy atom. The van der Waals surface area contributed by atoms with Crippen molar-refractivity contribution in [1.29, 1.82) is 0 Å². The lowest BCUT2D eigenvalue weighted by Crippen LogP contribution is -2.08. The van der Waals surface area contributed by atoms with Gasteiger partial charge in [-0.1, -0.05) is 19.1 Å². The Morgan fingerprint density at radius 2 is 2.00 bits per heavy atom. The highest BCUT2D eigenvalue weighted by molar-refractivity contribution is 5.69. The first kappa shape index (κ1) is 13.9. The first-order valence-electron chi connectivity index (χ1n) is 7.06. The molecule has 0 heterocycles. The lowest BCUT2D eigenvalue weighted by molar-refractivity contribution is -0.144. The molecule has 2 unspecified atom stereocenters. The summed E-state index contributed by atoms with van der Waals surface area (Å²) in [6, 6.07) is 7.88. The summed E-state index contributed by atoms with van der Waals surface area (Å²) in [7, 11) is 0. The van der Waals surface area contributed by atoms with Crippen LogP contribution in [0, 0.1) is 11.8 Å². The van der Waals surface area contributed by atoms with E-state index in [1.165, 1.54) is 6.42 Å². The molecule has 1 fully saturated rings. The van der Waals surface area contributed by atoms with E-state index >= 15 is 0 Å². The number of esters is 1. The molecule has 0 bridgehead atoms. The van der Waals surface area contributed by atoms with Gasteiger partial charge < -0.3 is 9.47 Å². The molecule has 0 aliphatic heterocycles. The molecule has 0 N–H and O–H groups in total. The van der Waals surface area contributed by atoms with Gasteiger partial charge in [0.05, 0.1) is 13.2 Å². The standard InChI is InChI=1S/C16H22O3/c1-3-18-15-7-4-13(5-8-15)6-9-16(17)19-11-14-10-12(14)2/h4-5,7-8,12,14H,3,6,9-11H2,1-2H3. The predicted octanol–water partition coefficient (Wildman–Crippen LogP) is 3.22. The highest BCUT2D eigenvalue weighted by Gasteiger charge is 2.33. The summed E-state index contributed by atoms with van der Waals surface area (Å²) >= 11 is 0. The van der Waals surface area contributed by atoms with E-state index in [1.54, 1.807) is 0 Å². The summed E-state index contributed by atoms with van der Waals surface area (Å²) in [6.45, 7) is 5.43. The van der Waals surface area contributed by atoms with Crippen molar-refractivity contribution in [3.05, 3.63) is 29.8 Å². The van der Waals surface area contributed by atoms with E-state index in [-0.39, 0.29) is 5.97 Å². The van der Waals surface area contributed by atoms with Crippen LogP contribution in [0.5, 0.6) is 5.75 Å². The lowest BCUT2D eigenvalue weighted by atomic mass is 10.1. The molecule has 0 amide bonds. The van der Waals surface area contributed by atoms with Gasteiger partial charge in [-0.15, -0.1) is 0 Å². The molecule has 3 nitrogen and oxygen atoms in total. The molecule has 1 aromatic rings. The van der Waals surface area contributed by atoms with Crippen LogP contribution in [-0.2, 0) is 16.0 Å². The van der Waals surface area contributed by atoms with Crippen molar-refractivity contribution in [2.75, 3.05) is 13.2 Å². The van der Waals surface area contributed by atoms with Gasteiger partial charge in [-0.3, -0.25) is 4.79 Å². The van der Waals surface area contributed by atoms with Crippen LogP contribution in [0.3, 0.4) is 0 Å². The molecular weight excluding hydrogens is 240 g/mol. The first-order valence-corrected chi connectivity index (χ1v) is 7.06. The van der Waals surface area contributed by atoms with Gasteiger partial charge in [-0.05, 0) is 49.3 Å². The number of rotatable bonds is 7. The molecular formula is C16H22O3. The zero-order chi connectivity index (χ0) is 13.7. The minimum atomic E-state index is -0.0898. The van der Waals surface area contributed by atoms with Crippen LogP contribution in [0.4, 0.5) is 0 Å². The number of hydrogen-bond acceptors (Lipinski definition) is 3. The van der Waals surface area contributed by atoms with Crippen molar-refractivity contribution in [3.8, 4) is 5.75 Å². The largest absolute Gasteiger partial charge is 0.494 e. The highest BCUT2D eigenvalue weighted by atomic mass is 16.5. The van der Waals surface area contributed by atoms with Gasteiger partial charge in [0, 0.05) is 6.42 Å². The molecule has 104 valence electrons. The summed E-state index contributed by atoms with van der Waals surface area (Å²) < 4.78 is 10.6. The van der Waals surface area contributed by atoms with Crippen LogP contribution in [-0.4, -0.2) is 19.2 Å². The molecule has 1 aliphatic rings. The molecule has 19 heavy (non-hydrogen) atoms. The Kier molecular flexibility index (Phi) is 4.83. The fraction of sp³-hybridized carbons (Fsp3) is 0.562. The highest BCUT2D eigenvalue weighted by Crippen LogP contribution is 2.37. The Balaban J connectivity index is 1.67. The second-order valence-corrected chi connectivity index (χ2v) is 5.23. The maximum atomic E-state index is 11.6. The van der Waals surface area contributed by atoms with Gasteiger partial charge in [-0.2, -0.15) is 0 Å². The number of carbonyl (C=O) groups is 1. The van der Waals surface area contributed by atoms with Crippen molar-refractivity contribution in [1.82, 2.24) is 0 Å². The minimum Gasteiger partial charge on any atom is -0.494 e. The molecule has 1 saturated carbocycles. The van der Waals surface area contributed by atoms with Gasteiger partial charge in [0.1, 0.15) is 5.75 Å². The van der Waals surface area contributed by atoms with Crippen LogP contribution < -0.4 is 4.74 Å². The van der Waals surface area contributed by atoms with Gasteiger partial charge in [-0.25, -0.2) is 0 Å². The summed E-state index contributed by atoms with van der Waals surface area (Å²) in [6.07, 6.45) is 2.38. The fourth-order valence-corrected chi connectivity index (χ4v) is 2.07. The summed E-state index contributed by atoms with van der Waals surface area (Å²) in [4.78, 5) is 11.6. The molecule has 0 saturated heterocycles. The lowest BCUT2D eigenvalue weighted by Gasteiger charge is -2.06. The summed E-state index contributed by atoms with van der Waals surface area (Å²) in [5, 5.41) is 0. The molecule has 0 aromatic heterocycles. The van der Waals surface area contributed by atoms with Gasteiger partial charge in [0.25, 0.3) is 0 Å². The summed E-state index contributed by atoms with van der Waals surface area (Å²) in [5.74, 6) is 2.12. The van der Waals surface area contributed by atoms with Crippen molar-refractivity contribution in [3.63, 3.8) is 0 Å². The number of aryl methyl sites for hydroxylation is 1. The monoisotopic (exact) mass is 262 g/mol. The van der Waals surface area contributed by atoms with E-state index in [0.717, 1.165) is 23.7 Å². The fourth-order valence-electron chi connectivity index (χ4n) is 2.07. The maximum Gasteiger partial charge on any atom is 0.306 e. The van der Waals surface area contributed by atoms with Crippen molar-refractivity contribution in [2.24, 2.45) is 11.8 Å². The predicted molar refractivity (Wildman–Crippen MR) is 74.2 cm³/mol. The van der Waals surface area contributed by atoms with Gasteiger partial charge in [0.2, 0.25) is 0 Å². The van der Waals surface area contributed by atoms with E-state index in [1.807, 2.05) is 31.2 Å². The average Bonchev–Trinajstić information content (AvgIpc) is 3.12. The van der Waals surface area contributed by atoms with Crippen LogP contribution in [0.2, 0.25) is 0 Å². The van der Waals surface area contributed by atoms with Crippen LogP contribution in [0.15, 0.2) is 24.3 Å². The first-order chi connectivity index (χ1) is 9.19. The Labute approximate surface area is 114 Å². The van der Waals surface area contributed by atoms with Crippen molar-refractivity contribution >= 4 is 5.97 Å². The minimum absolute atomic E-state index is 0.0898. The van der Waals surface area contributed by atoms with Crippen LogP contribution in [0.1, 0.15) is 32.3 Å². The van der Waals surface area contributed by atoms with E-state index in [4.69, 9.17) is 9.47 Å². The zero-order valence-electron chi connectivity index (χ0n) is 11.7. The quantitative estimate of drug-likeness (QED) is 0.708. The topological polar surface area (TPSA) is 35.5 Å². The third-order valence-electron chi connectivity index (χ3n) is 3.59. The smallest absolute Gasteiger partial charge is 0.306 e. The maximum absolute atomic E-state index is 11.6. The number of benzene rings is 1. The van der Waals surface area contributed by atoms with E-state index in [0.29, 0.717) is 25.6 Å². The SMILES string of the molecule is CCOc1ccc(CCC(=O)OCC2CC2C)cc1. The van der Waals surface area contributed by atoms with Crippen molar-refractivity contribution in [2.45, 2.75) is 33.1 Å². The molecule has 1 aromatic carbocycles. The van der Waals surface area contributed by atoms with Crippen molar-refractivity contribution < 1.29 is 14.3 Å². The number of carbonyl (C=O) groups excluding carboxylic acids is 1. The van der Waals surface area contributed by atoms with E-state index < -0.39 is 0 Å².